The minimum absolute atomic E-state index is 0.0385. The summed E-state index contributed by atoms with van der Waals surface area (Å²) in [4.78, 5) is 25.4. The number of halogens is 1. The normalized spacial score (nSPS) is 24.1. The van der Waals surface area contributed by atoms with E-state index in [1.165, 1.54) is 5.56 Å². The van der Waals surface area contributed by atoms with Crippen molar-refractivity contribution in [3.63, 3.8) is 0 Å². The Morgan fingerprint density at radius 2 is 1.79 bits per heavy atom. The lowest BCUT2D eigenvalue weighted by Gasteiger charge is -2.45. The number of allylic oxidation sites excluding steroid dienone is 1. The van der Waals surface area contributed by atoms with Gasteiger partial charge in [-0.2, -0.15) is 10.5 Å². The number of amides is 2. The van der Waals surface area contributed by atoms with Crippen LogP contribution in [0.2, 0.25) is 0 Å². The van der Waals surface area contributed by atoms with Gasteiger partial charge >= 0.3 is 0 Å². The summed E-state index contributed by atoms with van der Waals surface area (Å²) < 4.78 is 0.910. The number of hydrogen-bond donors (Lipinski definition) is 2. The van der Waals surface area contributed by atoms with Gasteiger partial charge in [-0.05, 0) is 61.4 Å². The largest absolute Gasteiger partial charge is 0.325 e. The van der Waals surface area contributed by atoms with Gasteiger partial charge in [0.25, 0.3) is 0 Å². The Labute approximate surface area is 211 Å². The highest BCUT2D eigenvalue weighted by atomic mass is 79.9. The number of nitrogens with zero attached hydrogens (tertiary/aromatic N) is 2. The first-order chi connectivity index (χ1) is 16.5. The van der Waals surface area contributed by atoms with Gasteiger partial charge in [0.05, 0.1) is 28.5 Å². The van der Waals surface area contributed by atoms with E-state index in [0.29, 0.717) is 35.0 Å². The molecule has 6 nitrogen and oxygen atoms in total. The second-order valence-corrected chi connectivity index (χ2v) is 10.5. The van der Waals surface area contributed by atoms with Gasteiger partial charge in [-0.1, -0.05) is 58.0 Å². The van der Waals surface area contributed by atoms with Crippen LogP contribution in [0.25, 0.3) is 0 Å². The zero-order chi connectivity index (χ0) is 24.1. The number of anilines is 1. The fourth-order valence-corrected chi connectivity index (χ4v) is 6.10. The summed E-state index contributed by atoms with van der Waals surface area (Å²) in [6.45, 7) is 0. The predicted molar refractivity (Wildman–Crippen MR) is 135 cm³/mol. The van der Waals surface area contributed by atoms with Crippen molar-refractivity contribution in [2.75, 3.05) is 11.1 Å². The number of hydrogen-bond acceptors (Lipinski definition) is 5. The highest BCUT2D eigenvalue weighted by molar-refractivity contribution is 9.10. The average Bonchev–Trinajstić information content (AvgIpc) is 2.85. The maximum atomic E-state index is 12.9. The molecule has 0 aromatic heterocycles. The van der Waals surface area contributed by atoms with E-state index in [-0.39, 0.29) is 11.7 Å². The summed E-state index contributed by atoms with van der Waals surface area (Å²) in [6.07, 6.45) is 2.75. The van der Waals surface area contributed by atoms with Crippen molar-refractivity contribution in [2.45, 2.75) is 31.6 Å². The molecule has 1 spiro atoms. The Bertz CT molecular complexity index is 1190. The lowest BCUT2D eigenvalue weighted by Crippen LogP contribution is -2.49. The highest BCUT2D eigenvalue weighted by Gasteiger charge is 2.52. The quantitative estimate of drug-likeness (QED) is 0.528. The first-order valence-electron chi connectivity index (χ1n) is 11.1. The van der Waals surface area contributed by atoms with Gasteiger partial charge in [-0.15, -0.1) is 0 Å². The van der Waals surface area contributed by atoms with Crippen molar-refractivity contribution in [1.29, 1.82) is 10.5 Å². The summed E-state index contributed by atoms with van der Waals surface area (Å²) in [6, 6.07) is 21.9. The first-order valence-corrected chi connectivity index (χ1v) is 12.8. The van der Waals surface area contributed by atoms with Crippen molar-refractivity contribution < 1.29 is 9.59 Å². The van der Waals surface area contributed by atoms with E-state index in [4.69, 9.17) is 0 Å². The van der Waals surface area contributed by atoms with Crippen LogP contribution in [-0.4, -0.2) is 17.6 Å². The van der Waals surface area contributed by atoms with E-state index in [1.807, 2.05) is 30.3 Å². The zero-order valence-corrected chi connectivity index (χ0v) is 20.8. The molecule has 2 aliphatic rings. The third-order valence-electron chi connectivity index (χ3n) is 6.64. The molecule has 1 fully saturated rings. The molecule has 2 aromatic rings. The average molecular weight is 535 g/mol. The van der Waals surface area contributed by atoms with Crippen LogP contribution in [0.5, 0.6) is 0 Å². The molecule has 1 atom stereocenters. The Morgan fingerprint density at radius 3 is 2.41 bits per heavy atom. The van der Waals surface area contributed by atoms with Gasteiger partial charge in [-0.3, -0.25) is 9.59 Å². The molecule has 8 heteroatoms. The lowest BCUT2D eigenvalue weighted by molar-refractivity contribution is -0.127. The molecule has 1 heterocycles. The molecule has 1 aliphatic heterocycles. The summed E-state index contributed by atoms with van der Waals surface area (Å²) in [5, 5.41) is 25.9. The molecule has 2 N–H and O–H groups in total. The van der Waals surface area contributed by atoms with Gasteiger partial charge in [0.15, 0.2) is 0 Å². The second-order valence-electron chi connectivity index (χ2n) is 8.55. The molecule has 1 saturated carbocycles. The van der Waals surface area contributed by atoms with Crippen LogP contribution in [0, 0.1) is 34.0 Å². The van der Waals surface area contributed by atoms with Crippen LogP contribution in [0.3, 0.4) is 0 Å². The number of nitriles is 2. The van der Waals surface area contributed by atoms with E-state index in [2.05, 4.69) is 50.8 Å². The second kappa shape index (κ2) is 10.5. The van der Waals surface area contributed by atoms with E-state index in [1.54, 1.807) is 12.1 Å². The molecule has 2 amide bonds. The molecule has 172 valence electrons. The number of thioether (sulfide) groups is 1. The van der Waals surface area contributed by atoms with Gasteiger partial charge in [0.2, 0.25) is 11.8 Å². The fraction of sp³-hybridized carbons (Fsp3) is 0.308. The van der Waals surface area contributed by atoms with Crippen molar-refractivity contribution in [3.8, 4) is 12.1 Å². The topological polar surface area (TPSA) is 106 Å². The van der Waals surface area contributed by atoms with Crippen molar-refractivity contribution in [3.05, 3.63) is 75.2 Å². The first kappa shape index (κ1) is 24.1. The number of benzene rings is 2. The van der Waals surface area contributed by atoms with Crippen LogP contribution in [0.4, 0.5) is 5.69 Å². The maximum absolute atomic E-state index is 12.9. The third-order valence-corrected chi connectivity index (χ3v) is 8.17. The number of rotatable bonds is 5. The Balaban J connectivity index is 1.53. The molecular weight excluding hydrogens is 512 g/mol. The molecule has 0 radical (unpaired) electrons. The molecule has 0 saturated heterocycles. The summed E-state index contributed by atoms with van der Waals surface area (Å²) in [7, 11) is 0. The molecule has 0 unspecified atom stereocenters. The van der Waals surface area contributed by atoms with Crippen molar-refractivity contribution >= 4 is 45.2 Å². The van der Waals surface area contributed by atoms with E-state index in [9.17, 15) is 20.1 Å². The van der Waals surface area contributed by atoms with Crippen LogP contribution in [0.1, 0.15) is 37.2 Å². The SMILES string of the molecule is N#CC1=C(SCC(=O)Nc2ccc(Br)cc2)NC(=O)[C@@H](C#N)C12CCC(c1ccccc1)CC2. The number of carbonyl (C=O) groups excluding carboxylic acids is 2. The minimum atomic E-state index is -0.917. The van der Waals surface area contributed by atoms with Crippen molar-refractivity contribution in [1.82, 2.24) is 5.32 Å². The molecule has 1 aliphatic carbocycles. The van der Waals surface area contributed by atoms with Gasteiger partial charge in [-0.25, -0.2) is 0 Å². The van der Waals surface area contributed by atoms with E-state index >= 15 is 0 Å². The van der Waals surface area contributed by atoms with Crippen LogP contribution in [0.15, 0.2) is 69.7 Å². The van der Waals surface area contributed by atoms with Crippen LogP contribution in [-0.2, 0) is 9.59 Å². The lowest BCUT2D eigenvalue weighted by atomic mass is 9.58. The van der Waals surface area contributed by atoms with Gasteiger partial charge < -0.3 is 10.6 Å². The highest BCUT2D eigenvalue weighted by Crippen LogP contribution is 2.54. The Kier molecular flexibility index (Phi) is 7.41. The Morgan fingerprint density at radius 1 is 1.12 bits per heavy atom. The molecular formula is C26H23BrN4O2S. The smallest absolute Gasteiger partial charge is 0.243 e. The third kappa shape index (κ3) is 4.89. The molecule has 34 heavy (non-hydrogen) atoms. The van der Waals surface area contributed by atoms with Gasteiger partial charge in [0, 0.05) is 15.6 Å². The van der Waals surface area contributed by atoms with Crippen LogP contribution >= 0.6 is 27.7 Å². The fourth-order valence-electron chi connectivity index (χ4n) is 4.92. The molecule has 0 bridgehead atoms. The predicted octanol–water partition coefficient (Wildman–Crippen LogP) is 5.47. The van der Waals surface area contributed by atoms with Gasteiger partial charge in [0.1, 0.15) is 5.92 Å². The zero-order valence-electron chi connectivity index (χ0n) is 18.4. The minimum Gasteiger partial charge on any atom is -0.325 e. The summed E-state index contributed by atoms with van der Waals surface area (Å²) in [5.41, 5.74) is 1.51. The standard InChI is InChI=1S/C26H23BrN4O2S/c27-19-6-8-20(9-7-19)30-23(32)16-34-25-22(15-29)26(21(14-28)24(33)31-25)12-10-18(11-13-26)17-4-2-1-3-5-17/h1-9,18,21H,10-13,16H2,(H,30,32)(H,31,33)/t18?,21-,26?/m1/s1. The molecule has 4 rings (SSSR count). The number of carbonyl (C=O) groups is 2. The number of nitrogens with one attached hydrogen (secondary N) is 2. The monoisotopic (exact) mass is 534 g/mol. The summed E-state index contributed by atoms with van der Waals surface area (Å²) in [5.74, 6) is -1.17. The maximum Gasteiger partial charge on any atom is 0.243 e. The van der Waals surface area contributed by atoms with Crippen molar-refractivity contribution in [2.24, 2.45) is 11.3 Å². The molecule has 2 aromatic carbocycles. The van der Waals surface area contributed by atoms with E-state index < -0.39 is 17.2 Å². The van der Waals surface area contributed by atoms with E-state index in [0.717, 1.165) is 29.1 Å². The Hall–Kier alpha value is -3.07. The van der Waals surface area contributed by atoms with Crippen LogP contribution < -0.4 is 10.6 Å². The summed E-state index contributed by atoms with van der Waals surface area (Å²) >= 11 is 4.50.